The summed E-state index contributed by atoms with van der Waals surface area (Å²) in [6.07, 6.45) is 9.27. The molecular weight excluding hydrogens is 134 g/mol. The van der Waals surface area contributed by atoms with Crippen LogP contribution in [0.2, 0.25) is 0 Å². The number of nitrogens with zero attached hydrogens (tertiary/aromatic N) is 1. The normalized spacial score (nSPS) is 20.5. The van der Waals surface area contributed by atoms with Crippen molar-refractivity contribution in [3.05, 3.63) is 6.42 Å². The second-order valence-electron chi connectivity index (χ2n) is 3.44. The van der Waals surface area contributed by atoms with E-state index in [0.717, 1.165) is 0 Å². The summed E-state index contributed by atoms with van der Waals surface area (Å²) in [5, 5.41) is 0. The van der Waals surface area contributed by atoms with Crippen molar-refractivity contribution >= 4 is 0 Å². The Labute approximate surface area is 70.8 Å². The van der Waals surface area contributed by atoms with Crippen molar-refractivity contribution in [1.29, 1.82) is 0 Å². The van der Waals surface area contributed by atoms with E-state index in [1.165, 1.54) is 51.7 Å². The SMILES string of the molecule is CCCCCN1C[CH]CCC1. The van der Waals surface area contributed by atoms with Gasteiger partial charge in [0.25, 0.3) is 0 Å². The average molecular weight is 154 g/mol. The van der Waals surface area contributed by atoms with Crippen molar-refractivity contribution in [3.63, 3.8) is 0 Å². The molecule has 0 aromatic carbocycles. The molecule has 11 heavy (non-hydrogen) atoms. The Morgan fingerprint density at radius 2 is 2.27 bits per heavy atom. The third-order valence-corrected chi connectivity index (χ3v) is 2.35. The molecule has 1 heteroatoms. The van der Waals surface area contributed by atoms with Gasteiger partial charge in [-0.1, -0.05) is 19.8 Å². The minimum Gasteiger partial charge on any atom is -0.303 e. The highest BCUT2D eigenvalue weighted by atomic mass is 15.1. The van der Waals surface area contributed by atoms with Crippen LogP contribution in [0.1, 0.15) is 39.0 Å². The van der Waals surface area contributed by atoms with Gasteiger partial charge in [-0.3, -0.25) is 0 Å². The molecule has 1 saturated heterocycles. The van der Waals surface area contributed by atoms with Gasteiger partial charge < -0.3 is 4.90 Å². The van der Waals surface area contributed by atoms with Crippen LogP contribution >= 0.6 is 0 Å². The summed E-state index contributed by atoms with van der Waals surface area (Å²) >= 11 is 0. The number of hydrogen-bond donors (Lipinski definition) is 0. The standard InChI is InChI=1S/C10H20N/c1-2-3-5-8-11-9-6-4-7-10-11/h6H,2-5,7-10H2,1H3. The molecule has 0 unspecified atom stereocenters. The lowest BCUT2D eigenvalue weighted by Gasteiger charge is -2.25. The minimum absolute atomic E-state index is 1.24. The van der Waals surface area contributed by atoms with Crippen molar-refractivity contribution in [2.45, 2.75) is 39.0 Å². The molecule has 0 N–H and O–H groups in total. The Kier molecular flexibility index (Phi) is 4.60. The summed E-state index contributed by atoms with van der Waals surface area (Å²) < 4.78 is 0. The maximum absolute atomic E-state index is 2.57. The Morgan fingerprint density at radius 3 is 2.91 bits per heavy atom. The van der Waals surface area contributed by atoms with Crippen molar-refractivity contribution in [2.24, 2.45) is 0 Å². The predicted octanol–water partition coefficient (Wildman–Crippen LogP) is 2.48. The Morgan fingerprint density at radius 1 is 1.36 bits per heavy atom. The van der Waals surface area contributed by atoms with Crippen LogP contribution in [0.4, 0.5) is 0 Å². The van der Waals surface area contributed by atoms with Crippen LogP contribution in [0.3, 0.4) is 0 Å². The van der Waals surface area contributed by atoms with Crippen molar-refractivity contribution in [1.82, 2.24) is 4.90 Å². The van der Waals surface area contributed by atoms with Gasteiger partial charge in [-0.25, -0.2) is 0 Å². The van der Waals surface area contributed by atoms with E-state index in [1.807, 2.05) is 0 Å². The van der Waals surface area contributed by atoms with Gasteiger partial charge in [-0.15, -0.1) is 0 Å². The van der Waals surface area contributed by atoms with Crippen LogP contribution < -0.4 is 0 Å². The highest BCUT2D eigenvalue weighted by molar-refractivity contribution is 4.77. The van der Waals surface area contributed by atoms with Gasteiger partial charge in [0.1, 0.15) is 0 Å². The first kappa shape index (κ1) is 9.05. The summed E-state index contributed by atoms with van der Waals surface area (Å²) in [5.41, 5.74) is 0. The zero-order chi connectivity index (χ0) is 7.94. The third kappa shape index (κ3) is 3.76. The van der Waals surface area contributed by atoms with Crippen LogP contribution in [0.25, 0.3) is 0 Å². The lowest BCUT2D eigenvalue weighted by molar-refractivity contribution is 0.257. The van der Waals surface area contributed by atoms with Gasteiger partial charge in [0, 0.05) is 6.54 Å². The molecule has 1 aliphatic rings. The van der Waals surface area contributed by atoms with E-state index >= 15 is 0 Å². The second-order valence-corrected chi connectivity index (χ2v) is 3.44. The molecule has 0 saturated carbocycles. The third-order valence-electron chi connectivity index (χ3n) is 2.35. The Balaban J connectivity index is 1.96. The fraction of sp³-hybridized carbons (Fsp3) is 0.900. The van der Waals surface area contributed by atoms with Crippen molar-refractivity contribution in [3.8, 4) is 0 Å². The minimum atomic E-state index is 1.24. The molecule has 0 bridgehead atoms. The van der Waals surface area contributed by atoms with Gasteiger partial charge in [-0.05, 0) is 38.8 Å². The van der Waals surface area contributed by atoms with Crippen LogP contribution in [-0.2, 0) is 0 Å². The molecule has 0 aliphatic carbocycles. The first-order chi connectivity index (χ1) is 5.43. The molecule has 0 aromatic rings. The van der Waals surface area contributed by atoms with Gasteiger partial charge in [-0.2, -0.15) is 0 Å². The van der Waals surface area contributed by atoms with Crippen LogP contribution in [-0.4, -0.2) is 24.5 Å². The highest BCUT2D eigenvalue weighted by Crippen LogP contribution is 2.08. The fourth-order valence-corrected chi connectivity index (χ4v) is 1.61. The number of hydrogen-bond acceptors (Lipinski definition) is 1. The second kappa shape index (κ2) is 5.59. The van der Waals surface area contributed by atoms with E-state index in [-0.39, 0.29) is 0 Å². The van der Waals surface area contributed by atoms with Gasteiger partial charge >= 0.3 is 0 Å². The summed E-state index contributed by atoms with van der Waals surface area (Å²) in [7, 11) is 0. The average Bonchev–Trinajstić information content (AvgIpc) is 2.07. The van der Waals surface area contributed by atoms with Gasteiger partial charge in [0.05, 0.1) is 0 Å². The van der Waals surface area contributed by atoms with E-state index in [0.29, 0.717) is 0 Å². The van der Waals surface area contributed by atoms with Crippen LogP contribution in [0.5, 0.6) is 0 Å². The topological polar surface area (TPSA) is 3.24 Å². The molecule has 1 nitrogen and oxygen atoms in total. The molecule has 65 valence electrons. The summed E-state index contributed by atoms with van der Waals surface area (Å²) in [6, 6.07) is 0. The van der Waals surface area contributed by atoms with Crippen molar-refractivity contribution in [2.75, 3.05) is 19.6 Å². The van der Waals surface area contributed by atoms with Crippen molar-refractivity contribution < 1.29 is 0 Å². The number of likely N-dealkylation sites (tertiary alicyclic amines) is 1. The smallest absolute Gasteiger partial charge is 0.00128 e. The molecule has 1 aliphatic heterocycles. The largest absolute Gasteiger partial charge is 0.303 e. The number of unbranched alkanes of at least 4 members (excludes halogenated alkanes) is 2. The molecule has 1 rings (SSSR count). The lowest BCUT2D eigenvalue weighted by atomic mass is 10.1. The Bertz CT molecular complexity index is 84.9. The van der Waals surface area contributed by atoms with Gasteiger partial charge in [0.15, 0.2) is 0 Å². The maximum atomic E-state index is 2.57. The molecule has 0 spiro atoms. The summed E-state index contributed by atoms with van der Waals surface area (Å²) in [4.78, 5) is 2.57. The first-order valence-corrected chi connectivity index (χ1v) is 4.97. The van der Waals surface area contributed by atoms with Gasteiger partial charge in [0.2, 0.25) is 0 Å². The van der Waals surface area contributed by atoms with E-state index in [9.17, 15) is 0 Å². The molecule has 0 amide bonds. The monoisotopic (exact) mass is 154 g/mol. The predicted molar refractivity (Wildman–Crippen MR) is 49.5 cm³/mol. The van der Waals surface area contributed by atoms with E-state index in [4.69, 9.17) is 0 Å². The number of piperidine rings is 1. The van der Waals surface area contributed by atoms with E-state index in [1.54, 1.807) is 0 Å². The summed E-state index contributed by atoms with van der Waals surface area (Å²) in [6.45, 7) is 6.16. The zero-order valence-electron chi connectivity index (χ0n) is 7.68. The molecule has 1 fully saturated rings. The molecule has 1 radical (unpaired) electrons. The molecule has 1 heterocycles. The fourth-order valence-electron chi connectivity index (χ4n) is 1.61. The first-order valence-electron chi connectivity index (χ1n) is 4.97. The number of rotatable bonds is 4. The molecule has 0 atom stereocenters. The highest BCUT2D eigenvalue weighted by Gasteiger charge is 2.08. The lowest BCUT2D eigenvalue weighted by Crippen LogP contribution is -2.30. The Hall–Kier alpha value is -0.0400. The maximum Gasteiger partial charge on any atom is 0.00128 e. The van der Waals surface area contributed by atoms with E-state index in [2.05, 4.69) is 18.2 Å². The molecule has 0 aromatic heterocycles. The van der Waals surface area contributed by atoms with E-state index < -0.39 is 0 Å². The summed E-state index contributed by atoms with van der Waals surface area (Å²) in [5.74, 6) is 0. The molecular formula is C10H20N. The van der Waals surface area contributed by atoms with Crippen LogP contribution in [0, 0.1) is 6.42 Å². The quantitative estimate of drug-likeness (QED) is 0.562. The van der Waals surface area contributed by atoms with Crippen LogP contribution in [0.15, 0.2) is 0 Å². The zero-order valence-corrected chi connectivity index (χ0v) is 7.68.